The van der Waals surface area contributed by atoms with Crippen LogP contribution in [0.1, 0.15) is 36.6 Å². The van der Waals surface area contributed by atoms with E-state index in [2.05, 4.69) is 20.9 Å². The topological polar surface area (TPSA) is 88.4 Å². The van der Waals surface area contributed by atoms with Crippen molar-refractivity contribution >= 4 is 62.5 Å². The Bertz CT molecular complexity index is 1950. The lowest BCUT2D eigenvalue weighted by Crippen LogP contribution is -2.40. The van der Waals surface area contributed by atoms with Crippen molar-refractivity contribution in [3.63, 3.8) is 0 Å². The molecule has 228 valence electrons. The number of ether oxygens (including phenoxy) is 4. The van der Waals surface area contributed by atoms with Gasteiger partial charge < -0.3 is 18.9 Å². The number of carbonyl (C=O) groups excluding carboxylic acids is 1. The van der Waals surface area contributed by atoms with Crippen LogP contribution in [0, 0.1) is 0 Å². The van der Waals surface area contributed by atoms with Crippen molar-refractivity contribution in [3.8, 4) is 17.2 Å². The fourth-order valence-corrected chi connectivity index (χ4v) is 6.83. The number of halogens is 3. The van der Waals surface area contributed by atoms with E-state index in [1.54, 1.807) is 44.2 Å². The lowest BCUT2D eigenvalue weighted by Gasteiger charge is -2.26. The third kappa shape index (κ3) is 6.44. The molecule has 0 aliphatic carbocycles. The summed E-state index contributed by atoms with van der Waals surface area (Å²) in [7, 11) is 3.06. The van der Waals surface area contributed by atoms with Gasteiger partial charge in [0.2, 0.25) is 0 Å². The van der Waals surface area contributed by atoms with E-state index >= 15 is 0 Å². The van der Waals surface area contributed by atoms with E-state index in [-0.39, 0.29) is 24.3 Å². The van der Waals surface area contributed by atoms with Gasteiger partial charge in [0.25, 0.3) is 5.56 Å². The Morgan fingerprint density at radius 3 is 2.43 bits per heavy atom. The van der Waals surface area contributed by atoms with Gasteiger partial charge in [-0.2, -0.15) is 0 Å². The minimum Gasteiger partial charge on any atom is -0.493 e. The number of carbonyl (C=O) groups is 1. The highest BCUT2D eigenvalue weighted by molar-refractivity contribution is 9.10. The fraction of sp³-hybridized carbons (Fsp3) is 0.219. The molecule has 1 unspecified atom stereocenters. The van der Waals surface area contributed by atoms with Gasteiger partial charge in [0.05, 0.1) is 42.7 Å². The minimum atomic E-state index is -0.822. The van der Waals surface area contributed by atoms with E-state index in [4.69, 9.17) is 42.1 Å². The van der Waals surface area contributed by atoms with Crippen LogP contribution in [0.5, 0.6) is 17.2 Å². The smallest absolute Gasteiger partial charge is 0.338 e. The first-order valence-corrected chi connectivity index (χ1v) is 15.8. The molecule has 0 radical (unpaired) electrons. The maximum absolute atomic E-state index is 14.0. The van der Waals surface area contributed by atoms with Crippen molar-refractivity contribution in [1.29, 1.82) is 0 Å². The number of allylic oxidation sites excluding steroid dienone is 1. The molecule has 0 saturated carbocycles. The molecular formula is C32H27BrCl2N2O6S. The molecule has 1 aliphatic rings. The van der Waals surface area contributed by atoms with Gasteiger partial charge in [-0.3, -0.25) is 9.36 Å². The van der Waals surface area contributed by atoms with Crippen LogP contribution in [0.2, 0.25) is 10.0 Å². The molecule has 1 aliphatic heterocycles. The highest BCUT2D eigenvalue weighted by Gasteiger charge is 2.35. The van der Waals surface area contributed by atoms with Gasteiger partial charge >= 0.3 is 5.97 Å². The van der Waals surface area contributed by atoms with Gasteiger partial charge in [-0.05, 0) is 67.4 Å². The Labute approximate surface area is 275 Å². The number of rotatable bonds is 9. The second-order valence-corrected chi connectivity index (χ2v) is 12.3. The van der Waals surface area contributed by atoms with Crippen molar-refractivity contribution in [2.24, 2.45) is 4.99 Å². The number of aromatic nitrogens is 1. The predicted molar refractivity (Wildman–Crippen MR) is 175 cm³/mol. The Balaban J connectivity index is 1.54. The maximum Gasteiger partial charge on any atom is 0.338 e. The number of fused-ring (bicyclic) bond motifs is 1. The molecule has 1 atom stereocenters. The second-order valence-electron chi connectivity index (χ2n) is 9.62. The molecule has 4 aromatic rings. The third-order valence-electron chi connectivity index (χ3n) is 6.90. The normalized spacial score (nSPS) is 14.6. The van der Waals surface area contributed by atoms with Gasteiger partial charge in [0, 0.05) is 20.1 Å². The summed E-state index contributed by atoms with van der Waals surface area (Å²) in [5, 5.41) is 1.09. The second kappa shape index (κ2) is 13.6. The summed E-state index contributed by atoms with van der Waals surface area (Å²) >= 11 is 17.1. The van der Waals surface area contributed by atoms with Crippen LogP contribution in [0.15, 0.2) is 80.1 Å². The number of esters is 1. The van der Waals surface area contributed by atoms with E-state index in [1.807, 2.05) is 30.3 Å². The van der Waals surface area contributed by atoms with Crippen molar-refractivity contribution in [2.75, 3.05) is 20.8 Å². The van der Waals surface area contributed by atoms with Crippen LogP contribution in [0.3, 0.4) is 0 Å². The summed E-state index contributed by atoms with van der Waals surface area (Å²) in [6.45, 7) is 3.92. The Morgan fingerprint density at radius 1 is 1.07 bits per heavy atom. The zero-order chi connectivity index (χ0) is 31.5. The van der Waals surface area contributed by atoms with Crippen molar-refractivity contribution in [1.82, 2.24) is 4.57 Å². The molecule has 0 N–H and O–H groups in total. The van der Waals surface area contributed by atoms with Gasteiger partial charge in [0.1, 0.15) is 12.4 Å². The summed E-state index contributed by atoms with van der Waals surface area (Å²) < 4.78 is 24.9. The van der Waals surface area contributed by atoms with Crippen LogP contribution in [-0.4, -0.2) is 31.4 Å². The monoisotopic (exact) mass is 716 g/mol. The summed E-state index contributed by atoms with van der Waals surface area (Å²) in [6.07, 6.45) is 1.79. The zero-order valence-electron chi connectivity index (χ0n) is 24.2. The van der Waals surface area contributed by atoms with Gasteiger partial charge in [-0.25, -0.2) is 9.79 Å². The van der Waals surface area contributed by atoms with Crippen molar-refractivity contribution < 1.29 is 23.7 Å². The first-order valence-electron chi connectivity index (χ1n) is 13.4. The van der Waals surface area contributed by atoms with Crippen LogP contribution in [0.25, 0.3) is 6.08 Å². The number of hydrogen-bond acceptors (Lipinski definition) is 8. The molecule has 2 heterocycles. The summed E-state index contributed by atoms with van der Waals surface area (Å²) in [5.74, 6) is 1.04. The standard InChI is InChI=1S/C32H27BrCl2N2O6S/c1-5-42-31(39)28-17(2)36-32-37(29(28)22-14-25(40-3)26(41-4)15-23(22)33)30(38)27(44-32)12-18-6-10-21(11-7-18)43-16-19-8-9-20(34)13-24(19)35/h6-15,29H,5,16H2,1-4H3/b27-12-. The molecule has 3 aromatic carbocycles. The van der Waals surface area contributed by atoms with Crippen LogP contribution >= 0.6 is 50.5 Å². The molecule has 0 fully saturated rings. The fourth-order valence-electron chi connectivity index (χ4n) is 4.78. The van der Waals surface area contributed by atoms with E-state index in [1.165, 1.54) is 30.1 Å². The number of benzene rings is 3. The van der Waals surface area contributed by atoms with E-state index in [0.717, 1.165) is 11.1 Å². The van der Waals surface area contributed by atoms with E-state index in [0.29, 0.717) is 52.4 Å². The molecule has 44 heavy (non-hydrogen) atoms. The minimum absolute atomic E-state index is 0.173. The number of thiazole rings is 1. The average Bonchev–Trinajstić information content (AvgIpc) is 3.30. The quantitative estimate of drug-likeness (QED) is 0.185. The molecule has 1 aromatic heterocycles. The summed E-state index contributed by atoms with van der Waals surface area (Å²) in [5.41, 5.74) is 2.65. The van der Waals surface area contributed by atoms with Gasteiger partial charge in [-0.15, -0.1) is 0 Å². The Hall–Kier alpha value is -3.57. The first-order chi connectivity index (χ1) is 21.1. The highest BCUT2D eigenvalue weighted by atomic mass is 79.9. The molecular weight excluding hydrogens is 691 g/mol. The molecule has 0 amide bonds. The van der Waals surface area contributed by atoms with Crippen molar-refractivity contribution in [3.05, 3.63) is 117 Å². The molecule has 0 spiro atoms. The first kappa shape index (κ1) is 31.8. The Morgan fingerprint density at radius 2 is 1.77 bits per heavy atom. The summed E-state index contributed by atoms with van der Waals surface area (Å²) in [6, 6.07) is 15.3. The average molecular weight is 718 g/mol. The van der Waals surface area contributed by atoms with Crippen LogP contribution < -0.4 is 29.1 Å². The largest absolute Gasteiger partial charge is 0.493 e. The highest BCUT2D eigenvalue weighted by Crippen LogP contribution is 2.40. The van der Waals surface area contributed by atoms with Gasteiger partial charge in [0.15, 0.2) is 16.3 Å². The number of methoxy groups -OCH3 is 2. The number of hydrogen-bond donors (Lipinski definition) is 0. The summed E-state index contributed by atoms with van der Waals surface area (Å²) in [4.78, 5) is 32.4. The van der Waals surface area contributed by atoms with Crippen LogP contribution in [-0.2, 0) is 16.1 Å². The lowest BCUT2D eigenvalue weighted by molar-refractivity contribution is -0.139. The molecule has 8 nitrogen and oxygen atoms in total. The predicted octanol–water partition coefficient (Wildman–Crippen LogP) is 6.46. The lowest BCUT2D eigenvalue weighted by atomic mass is 9.95. The molecule has 12 heteroatoms. The SMILES string of the molecule is CCOC(=O)C1=C(C)N=c2s/c(=C\c3ccc(OCc4ccc(Cl)cc4Cl)cc3)c(=O)n2C1c1cc(OC)c(OC)cc1Br. The van der Waals surface area contributed by atoms with E-state index in [9.17, 15) is 9.59 Å². The van der Waals surface area contributed by atoms with E-state index < -0.39 is 12.0 Å². The van der Waals surface area contributed by atoms with Gasteiger partial charge in [-0.1, -0.05) is 68.7 Å². The third-order valence-corrected chi connectivity index (χ3v) is 9.16. The Kier molecular flexibility index (Phi) is 9.84. The zero-order valence-corrected chi connectivity index (χ0v) is 28.1. The molecule has 0 saturated heterocycles. The van der Waals surface area contributed by atoms with Crippen LogP contribution in [0.4, 0.5) is 0 Å². The number of nitrogens with zero attached hydrogens (tertiary/aromatic N) is 2. The maximum atomic E-state index is 14.0. The molecule has 5 rings (SSSR count). The van der Waals surface area contributed by atoms with Crippen molar-refractivity contribution in [2.45, 2.75) is 26.5 Å². The molecule has 0 bridgehead atoms.